The molecule has 0 bridgehead atoms. The minimum Gasteiger partial charge on any atom is -0.477 e. The van der Waals surface area contributed by atoms with Crippen LogP contribution in [0.2, 0.25) is 0 Å². The van der Waals surface area contributed by atoms with Gasteiger partial charge in [0, 0.05) is 24.9 Å². The third kappa shape index (κ3) is 3.19. The molecule has 7 nitrogen and oxygen atoms in total. The van der Waals surface area contributed by atoms with Crippen LogP contribution in [-0.2, 0) is 4.74 Å². The Morgan fingerprint density at radius 2 is 2.37 bits per heavy atom. The molecule has 1 aromatic carbocycles. The number of rotatable bonds is 5. The third-order valence-electron chi connectivity index (χ3n) is 2.98. The number of nitro benzene ring substituents is 1. The summed E-state index contributed by atoms with van der Waals surface area (Å²) in [6.45, 7) is 1.31. The Kier molecular flexibility index (Phi) is 3.96. The van der Waals surface area contributed by atoms with Gasteiger partial charge in [-0.15, -0.1) is 0 Å². The van der Waals surface area contributed by atoms with Crippen molar-refractivity contribution < 1.29 is 19.6 Å². The third-order valence-corrected chi connectivity index (χ3v) is 2.98. The van der Waals surface area contributed by atoms with E-state index in [-0.39, 0.29) is 11.7 Å². The van der Waals surface area contributed by atoms with Crippen LogP contribution in [0.3, 0.4) is 0 Å². The molecule has 1 unspecified atom stereocenters. The highest BCUT2D eigenvalue weighted by Gasteiger charge is 2.20. The Labute approximate surface area is 109 Å². The number of carbonyl (C=O) groups is 1. The van der Waals surface area contributed by atoms with Gasteiger partial charge in [-0.3, -0.25) is 10.1 Å². The average molecular weight is 266 g/mol. The first-order valence-corrected chi connectivity index (χ1v) is 5.95. The van der Waals surface area contributed by atoms with E-state index in [2.05, 4.69) is 5.32 Å². The largest absolute Gasteiger partial charge is 0.477 e. The molecule has 0 spiro atoms. The summed E-state index contributed by atoms with van der Waals surface area (Å²) in [7, 11) is 0. The van der Waals surface area contributed by atoms with E-state index in [9.17, 15) is 14.9 Å². The molecule has 19 heavy (non-hydrogen) atoms. The molecule has 1 saturated heterocycles. The van der Waals surface area contributed by atoms with Crippen LogP contribution >= 0.6 is 0 Å². The molecule has 2 rings (SSSR count). The van der Waals surface area contributed by atoms with Crippen molar-refractivity contribution in [2.45, 2.75) is 18.9 Å². The summed E-state index contributed by atoms with van der Waals surface area (Å²) in [6, 6.07) is 3.97. The Morgan fingerprint density at radius 3 is 2.95 bits per heavy atom. The monoisotopic (exact) mass is 266 g/mol. The molecule has 0 aliphatic carbocycles. The Hall–Kier alpha value is -2.15. The molecule has 1 aliphatic heterocycles. The van der Waals surface area contributed by atoms with Crippen LogP contribution in [0.15, 0.2) is 18.2 Å². The van der Waals surface area contributed by atoms with Crippen LogP contribution < -0.4 is 5.32 Å². The molecule has 1 aliphatic rings. The number of ether oxygens (including phenoxy) is 1. The fourth-order valence-corrected chi connectivity index (χ4v) is 2.01. The second-order valence-electron chi connectivity index (χ2n) is 4.31. The molecule has 1 atom stereocenters. The standard InChI is InChI=1S/C12H14N2O5/c15-12(16)10-6-8(3-4-11(10)14(17)18)13-7-9-2-1-5-19-9/h3-4,6,9,13H,1-2,5,7H2,(H,15,16). The van der Waals surface area contributed by atoms with Gasteiger partial charge in [-0.25, -0.2) is 4.79 Å². The normalized spacial score (nSPS) is 18.2. The Morgan fingerprint density at radius 1 is 1.58 bits per heavy atom. The van der Waals surface area contributed by atoms with Crippen molar-refractivity contribution in [3.05, 3.63) is 33.9 Å². The average Bonchev–Trinajstić information content (AvgIpc) is 2.88. The number of nitrogens with one attached hydrogen (secondary N) is 1. The maximum atomic E-state index is 11.0. The number of carboxylic acid groups (broad SMARTS) is 1. The molecule has 102 valence electrons. The van der Waals surface area contributed by atoms with Gasteiger partial charge in [0.05, 0.1) is 11.0 Å². The lowest BCUT2D eigenvalue weighted by Crippen LogP contribution is -2.18. The zero-order chi connectivity index (χ0) is 13.8. The fraction of sp³-hybridized carbons (Fsp3) is 0.417. The molecular formula is C12H14N2O5. The van der Waals surface area contributed by atoms with Gasteiger partial charge >= 0.3 is 5.97 Å². The highest BCUT2D eigenvalue weighted by atomic mass is 16.6. The van der Waals surface area contributed by atoms with Crippen LogP contribution in [0.5, 0.6) is 0 Å². The van der Waals surface area contributed by atoms with Gasteiger partial charge in [0.25, 0.3) is 5.69 Å². The van der Waals surface area contributed by atoms with Gasteiger partial charge in [0.15, 0.2) is 0 Å². The summed E-state index contributed by atoms with van der Waals surface area (Å²) in [5, 5.41) is 22.7. The number of aromatic carboxylic acids is 1. The van der Waals surface area contributed by atoms with Crippen molar-refractivity contribution in [3.63, 3.8) is 0 Å². The number of nitro groups is 1. The van der Waals surface area contributed by atoms with Crippen molar-refractivity contribution in [1.29, 1.82) is 0 Å². The van der Waals surface area contributed by atoms with Crippen molar-refractivity contribution in [1.82, 2.24) is 0 Å². The number of hydrogen-bond donors (Lipinski definition) is 2. The topological polar surface area (TPSA) is 102 Å². The first-order valence-electron chi connectivity index (χ1n) is 5.95. The van der Waals surface area contributed by atoms with Gasteiger partial charge < -0.3 is 15.2 Å². The summed E-state index contributed by atoms with van der Waals surface area (Å²) >= 11 is 0. The second-order valence-corrected chi connectivity index (χ2v) is 4.31. The first-order chi connectivity index (χ1) is 9.08. The van der Waals surface area contributed by atoms with Crippen LogP contribution in [0.4, 0.5) is 11.4 Å². The zero-order valence-electron chi connectivity index (χ0n) is 10.2. The number of benzene rings is 1. The lowest BCUT2D eigenvalue weighted by atomic mass is 10.1. The number of carboxylic acids is 1. The summed E-state index contributed by atoms with van der Waals surface area (Å²) in [5.41, 5.74) is -0.184. The molecule has 7 heteroatoms. The van der Waals surface area contributed by atoms with E-state index >= 15 is 0 Å². The van der Waals surface area contributed by atoms with Gasteiger partial charge in [-0.2, -0.15) is 0 Å². The van der Waals surface area contributed by atoms with Crippen LogP contribution in [-0.4, -0.2) is 35.3 Å². The van der Waals surface area contributed by atoms with E-state index in [1.807, 2.05) is 0 Å². The van der Waals surface area contributed by atoms with Crippen molar-refractivity contribution in [2.75, 3.05) is 18.5 Å². The molecule has 0 radical (unpaired) electrons. The maximum Gasteiger partial charge on any atom is 0.342 e. The van der Waals surface area contributed by atoms with Crippen molar-refractivity contribution in [3.8, 4) is 0 Å². The van der Waals surface area contributed by atoms with E-state index in [1.54, 1.807) is 0 Å². The smallest absolute Gasteiger partial charge is 0.342 e. The molecule has 0 saturated carbocycles. The molecule has 1 heterocycles. The van der Waals surface area contributed by atoms with Crippen molar-refractivity contribution in [2.24, 2.45) is 0 Å². The van der Waals surface area contributed by atoms with Gasteiger partial charge in [-0.1, -0.05) is 0 Å². The fourth-order valence-electron chi connectivity index (χ4n) is 2.01. The SMILES string of the molecule is O=C(O)c1cc(NCC2CCCO2)ccc1[N+](=O)[O-]. The number of hydrogen-bond acceptors (Lipinski definition) is 5. The first kappa shape index (κ1) is 13.3. The summed E-state index contributed by atoms with van der Waals surface area (Å²) in [5.74, 6) is -1.31. The molecular weight excluding hydrogens is 252 g/mol. The van der Waals surface area contributed by atoms with E-state index < -0.39 is 16.6 Å². The summed E-state index contributed by atoms with van der Waals surface area (Å²) in [6.07, 6.45) is 2.10. The molecule has 1 aromatic rings. The predicted octanol–water partition coefficient (Wildman–Crippen LogP) is 1.88. The summed E-state index contributed by atoms with van der Waals surface area (Å²) in [4.78, 5) is 21.0. The van der Waals surface area contributed by atoms with Crippen LogP contribution in [0, 0.1) is 10.1 Å². The van der Waals surface area contributed by atoms with E-state index in [0.29, 0.717) is 12.2 Å². The van der Waals surface area contributed by atoms with E-state index in [1.165, 1.54) is 18.2 Å². The molecule has 1 fully saturated rings. The highest BCUT2D eigenvalue weighted by Crippen LogP contribution is 2.23. The number of nitrogens with zero attached hydrogens (tertiary/aromatic N) is 1. The lowest BCUT2D eigenvalue weighted by Gasteiger charge is -2.12. The Bertz CT molecular complexity index is 497. The second kappa shape index (κ2) is 5.66. The Balaban J connectivity index is 2.11. The van der Waals surface area contributed by atoms with Crippen molar-refractivity contribution >= 4 is 17.3 Å². The molecule has 2 N–H and O–H groups in total. The quantitative estimate of drug-likeness (QED) is 0.623. The maximum absolute atomic E-state index is 11.0. The van der Waals surface area contributed by atoms with Gasteiger partial charge in [0.2, 0.25) is 0 Å². The zero-order valence-corrected chi connectivity index (χ0v) is 10.2. The molecule has 0 aromatic heterocycles. The predicted molar refractivity (Wildman–Crippen MR) is 67.5 cm³/mol. The highest BCUT2D eigenvalue weighted by molar-refractivity contribution is 5.93. The molecule has 0 amide bonds. The minimum atomic E-state index is -1.31. The van der Waals surface area contributed by atoms with E-state index in [4.69, 9.17) is 9.84 Å². The van der Waals surface area contributed by atoms with Crippen LogP contribution in [0.1, 0.15) is 23.2 Å². The van der Waals surface area contributed by atoms with Crippen LogP contribution in [0.25, 0.3) is 0 Å². The van der Waals surface area contributed by atoms with Gasteiger partial charge in [-0.05, 0) is 25.0 Å². The lowest BCUT2D eigenvalue weighted by molar-refractivity contribution is -0.385. The van der Waals surface area contributed by atoms with E-state index in [0.717, 1.165) is 19.4 Å². The summed E-state index contributed by atoms with van der Waals surface area (Å²) < 4.78 is 5.43. The minimum absolute atomic E-state index is 0.114. The number of anilines is 1. The van der Waals surface area contributed by atoms with Gasteiger partial charge in [0.1, 0.15) is 5.56 Å².